The fourth-order valence-corrected chi connectivity index (χ4v) is 2.65. The van der Waals surface area contributed by atoms with Crippen molar-refractivity contribution in [2.24, 2.45) is 0 Å². The Morgan fingerprint density at radius 2 is 1.57 bits per heavy atom. The quantitative estimate of drug-likeness (QED) is 0.384. The van der Waals surface area contributed by atoms with Crippen LogP contribution in [0.4, 0.5) is 4.39 Å². The molecule has 1 aromatic rings. The number of nitrogens with one attached hydrogen (secondary N) is 1. The van der Waals surface area contributed by atoms with Gasteiger partial charge in [-0.1, -0.05) is 62.6 Å². The average molecular weight is 390 g/mol. The van der Waals surface area contributed by atoms with Crippen molar-refractivity contribution in [1.29, 1.82) is 0 Å². The van der Waals surface area contributed by atoms with E-state index in [0.29, 0.717) is 17.2 Å². The third kappa shape index (κ3) is 10.00. The van der Waals surface area contributed by atoms with E-state index in [1.807, 2.05) is 0 Å². The predicted octanol–water partition coefficient (Wildman–Crippen LogP) is 4.91. The smallest absolute Gasteiger partial charge is 0.274 e. The molecule has 0 aliphatic carbocycles. The minimum absolute atomic E-state index is 0.158. The van der Waals surface area contributed by atoms with Crippen molar-refractivity contribution in [2.45, 2.75) is 71.1 Å². The molecule has 0 unspecified atom stereocenters. The van der Waals surface area contributed by atoms with Crippen molar-refractivity contribution in [1.82, 2.24) is 9.55 Å². The van der Waals surface area contributed by atoms with Crippen LogP contribution < -0.4 is 11.2 Å². The van der Waals surface area contributed by atoms with Crippen LogP contribution in [0.1, 0.15) is 75.9 Å². The molecule has 1 rings (SSSR count). The third-order valence-corrected chi connectivity index (χ3v) is 4.21. The topological polar surface area (TPSA) is 71.9 Å². The maximum Gasteiger partial charge on any atom is 0.335 e. The molecule has 1 heterocycles. The van der Waals surface area contributed by atoms with Crippen molar-refractivity contribution in [3.05, 3.63) is 69.3 Å². The molecular formula is C22H31FN2O3. The van der Waals surface area contributed by atoms with Gasteiger partial charge in [0.05, 0.1) is 6.20 Å². The Labute approximate surface area is 165 Å². The van der Waals surface area contributed by atoms with Crippen LogP contribution in [0.5, 0.6) is 0 Å². The lowest BCUT2D eigenvalue weighted by Crippen LogP contribution is -2.34. The normalized spacial score (nSPS) is 11.9. The lowest BCUT2D eigenvalue weighted by molar-refractivity contribution is 0.0891. The Morgan fingerprint density at radius 3 is 2.29 bits per heavy atom. The number of carbonyl (C=O) groups is 1. The molecule has 6 heteroatoms. The van der Waals surface area contributed by atoms with Crippen molar-refractivity contribution in [3.8, 4) is 0 Å². The van der Waals surface area contributed by atoms with E-state index in [-0.39, 0.29) is 6.42 Å². The minimum Gasteiger partial charge on any atom is -0.274 e. The number of aromatic amines is 1. The standard InChI is InChI=1S/C22H31FN2O3/c1-2-3-4-5-6-7-8-9-10-11-12-13-14-15-16-17-20(26)25-18-19(23)21(27)24-22(25)28/h3-4,6-7,9-10,18H,2,5,8,11-17H2,1H3,(H,24,27,28)/b4-3+,7-6+,10-9+. The van der Waals surface area contributed by atoms with Crippen LogP contribution in [0.25, 0.3) is 0 Å². The molecule has 0 aliphatic rings. The number of aromatic nitrogens is 2. The highest BCUT2D eigenvalue weighted by atomic mass is 19.1. The van der Waals surface area contributed by atoms with Gasteiger partial charge in [-0.2, -0.15) is 4.39 Å². The van der Waals surface area contributed by atoms with Gasteiger partial charge in [0, 0.05) is 6.42 Å². The van der Waals surface area contributed by atoms with Crippen LogP contribution in [0.3, 0.4) is 0 Å². The van der Waals surface area contributed by atoms with Gasteiger partial charge in [-0.15, -0.1) is 0 Å². The Kier molecular flexibility index (Phi) is 12.2. The number of nitrogens with zero attached hydrogens (tertiary/aromatic N) is 1. The number of allylic oxidation sites excluding steroid dienone is 6. The molecule has 0 aromatic carbocycles. The molecular weight excluding hydrogens is 359 g/mol. The van der Waals surface area contributed by atoms with E-state index in [4.69, 9.17) is 0 Å². The van der Waals surface area contributed by atoms with Crippen molar-refractivity contribution >= 4 is 5.91 Å². The predicted molar refractivity (Wildman–Crippen MR) is 111 cm³/mol. The number of unbranched alkanes of at least 4 members (excludes halogenated alkanes) is 5. The van der Waals surface area contributed by atoms with Crippen molar-refractivity contribution < 1.29 is 9.18 Å². The van der Waals surface area contributed by atoms with E-state index in [2.05, 4.69) is 43.4 Å². The fourth-order valence-electron chi connectivity index (χ4n) is 2.65. The van der Waals surface area contributed by atoms with E-state index in [1.165, 1.54) is 0 Å². The first-order chi connectivity index (χ1) is 13.6. The second kappa shape index (κ2) is 14.5. The van der Waals surface area contributed by atoms with Crippen LogP contribution >= 0.6 is 0 Å². The Bertz CT molecular complexity index is 788. The van der Waals surface area contributed by atoms with E-state index >= 15 is 0 Å². The first-order valence-electron chi connectivity index (χ1n) is 10.1. The molecule has 0 bridgehead atoms. The van der Waals surface area contributed by atoms with Gasteiger partial charge in [-0.25, -0.2) is 9.36 Å². The Balaban J connectivity index is 2.07. The summed E-state index contributed by atoms with van der Waals surface area (Å²) in [6, 6.07) is 0. The zero-order valence-corrected chi connectivity index (χ0v) is 16.7. The number of rotatable bonds is 13. The van der Waals surface area contributed by atoms with Crippen molar-refractivity contribution in [2.75, 3.05) is 0 Å². The lowest BCUT2D eigenvalue weighted by Gasteiger charge is -2.04. The number of hydrogen-bond donors (Lipinski definition) is 1. The van der Waals surface area contributed by atoms with Gasteiger partial charge in [0.15, 0.2) is 0 Å². The molecule has 5 nitrogen and oxygen atoms in total. The van der Waals surface area contributed by atoms with Gasteiger partial charge in [0.25, 0.3) is 5.56 Å². The Morgan fingerprint density at radius 1 is 0.964 bits per heavy atom. The molecule has 0 radical (unpaired) electrons. The number of hydrogen-bond acceptors (Lipinski definition) is 3. The summed E-state index contributed by atoms with van der Waals surface area (Å²) in [7, 11) is 0. The summed E-state index contributed by atoms with van der Waals surface area (Å²) in [4.78, 5) is 36.2. The molecule has 0 spiro atoms. The maximum absolute atomic E-state index is 13.2. The summed E-state index contributed by atoms with van der Waals surface area (Å²) in [5.41, 5.74) is -2.00. The first-order valence-corrected chi connectivity index (χ1v) is 10.1. The summed E-state index contributed by atoms with van der Waals surface area (Å²) in [5, 5.41) is 0. The van der Waals surface area contributed by atoms with E-state index in [1.54, 1.807) is 4.98 Å². The zero-order valence-electron chi connectivity index (χ0n) is 16.7. The van der Waals surface area contributed by atoms with Crippen LogP contribution in [0.2, 0.25) is 0 Å². The molecule has 0 amide bonds. The average Bonchev–Trinajstić information content (AvgIpc) is 2.67. The first kappa shape index (κ1) is 23.5. The molecule has 0 atom stereocenters. The van der Waals surface area contributed by atoms with E-state index in [0.717, 1.165) is 51.4 Å². The van der Waals surface area contributed by atoms with Crippen LogP contribution in [0, 0.1) is 5.82 Å². The molecule has 0 saturated carbocycles. The summed E-state index contributed by atoms with van der Waals surface area (Å²) in [5.74, 6) is -1.63. The molecule has 28 heavy (non-hydrogen) atoms. The monoisotopic (exact) mass is 390 g/mol. The molecule has 0 saturated heterocycles. The van der Waals surface area contributed by atoms with Crippen LogP contribution in [-0.4, -0.2) is 15.5 Å². The van der Waals surface area contributed by atoms with Crippen molar-refractivity contribution in [3.63, 3.8) is 0 Å². The van der Waals surface area contributed by atoms with Gasteiger partial charge in [-0.3, -0.25) is 14.6 Å². The summed E-state index contributed by atoms with van der Waals surface area (Å²) in [6.07, 6.45) is 22.7. The largest absolute Gasteiger partial charge is 0.335 e. The third-order valence-electron chi connectivity index (χ3n) is 4.21. The number of halogens is 1. The summed E-state index contributed by atoms with van der Waals surface area (Å²) in [6.45, 7) is 2.13. The summed E-state index contributed by atoms with van der Waals surface area (Å²) >= 11 is 0. The van der Waals surface area contributed by atoms with Gasteiger partial charge in [-0.05, 0) is 38.5 Å². The van der Waals surface area contributed by atoms with Gasteiger partial charge >= 0.3 is 5.69 Å². The summed E-state index contributed by atoms with van der Waals surface area (Å²) < 4.78 is 13.8. The molecule has 0 aliphatic heterocycles. The number of carbonyl (C=O) groups excluding carboxylic acids is 1. The number of H-pyrrole nitrogens is 1. The highest BCUT2D eigenvalue weighted by molar-refractivity contribution is 5.78. The highest BCUT2D eigenvalue weighted by Crippen LogP contribution is 2.08. The highest BCUT2D eigenvalue weighted by Gasteiger charge is 2.10. The van der Waals surface area contributed by atoms with E-state index in [9.17, 15) is 18.8 Å². The second-order valence-corrected chi connectivity index (χ2v) is 6.60. The van der Waals surface area contributed by atoms with Gasteiger partial charge < -0.3 is 0 Å². The molecule has 1 N–H and O–H groups in total. The van der Waals surface area contributed by atoms with E-state index < -0.39 is 23.0 Å². The minimum atomic E-state index is -1.13. The molecule has 0 fully saturated rings. The maximum atomic E-state index is 13.2. The fraction of sp³-hybridized carbons (Fsp3) is 0.500. The van der Waals surface area contributed by atoms with Gasteiger partial charge in [0.1, 0.15) is 0 Å². The Hall–Kier alpha value is -2.50. The lowest BCUT2D eigenvalue weighted by atomic mass is 10.1. The van der Waals surface area contributed by atoms with Crippen LogP contribution in [-0.2, 0) is 0 Å². The SMILES string of the molecule is CC/C=C/C/C=C/C/C=C/CCCCCCCC(=O)n1cc(F)c(=O)[nH]c1=O. The second-order valence-electron chi connectivity index (χ2n) is 6.60. The zero-order chi connectivity index (χ0) is 20.6. The van der Waals surface area contributed by atoms with Crippen LogP contribution in [0.15, 0.2) is 52.2 Å². The molecule has 154 valence electrons. The van der Waals surface area contributed by atoms with Gasteiger partial charge in [0.2, 0.25) is 11.7 Å². The molecule has 1 aromatic heterocycles.